The molecule has 0 aliphatic heterocycles. The zero-order valence-electron chi connectivity index (χ0n) is 3.92. The van der Waals surface area contributed by atoms with E-state index in [2.05, 4.69) is 6.92 Å². The molecule has 0 saturated heterocycles. The SMILES string of the molecule is CCCCO.[Ru]. The fourth-order valence-corrected chi connectivity index (χ4v) is 0.158. The zero-order valence-corrected chi connectivity index (χ0v) is 5.66. The Kier molecular flexibility index (Phi) is 14.9. The number of aliphatic hydroxyl groups excluding tert-OH is 1. The van der Waals surface area contributed by atoms with Gasteiger partial charge in [-0.25, -0.2) is 0 Å². The summed E-state index contributed by atoms with van der Waals surface area (Å²) in [5, 5.41) is 8.07. The van der Waals surface area contributed by atoms with Crippen LogP contribution in [0.2, 0.25) is 0 Å². The van der Waals surface area contributed by atoms with E-state index in [0.29, 0.717) is 6.61 Å². The number of aliphatic hydroxyl groups is 1. The van der Waals surface area contributed by atoms with E-state index in [0.717, 1.165) is 12.8 Å². The normalized spacial score (nSPS) is 7.00. The Labute approximate surface area is 51.5 Å². The maximum absolute atomic E-state index is 8.07. The molecule has 0 aliphatic rings. The van der Waals surface area contributed by atoms with E-state index < -0.39 is 0 Å². The van der Waals surface area contributed by atoms with E-state index >= 15 is 0 Å². The number of unbranched alkanes of at least 4 members (excludes halogenated alkanes) is 1. The standard InChI is InChI=1S/C4H10O.Ru/c1-2-3-4-5;/h5H,2-4H2,1H3;. The first-order valence-electron chi connectivity index (χ1n) is 2.02. The molecule has 0 saturated carbocycles. The molecule has 0 aliphatic carbocycles. The predicted molar refractivity (Wildman–Crippen MR) is 22.0 cm³/mol. The molecule has 2 heteroatoms. The van der Waals surface area contributed by atoms with Crippen LogP contribution < -0.4 is 0 Å². The first kappa shape index (κ1) is 9.77. The molecule has 40 valence electrons. The quantitative estimate of drug-likeness (QED) is 0.615. The molecule has 0 rings (SSSR count). The Morgan fingerprint density at radius 2 is 2.00 bits per heavy atom. The first-order valence-corrected chi connectivity index (χ1v) is 2.02. The van der Waals surface area contributed by atoms with Crippen LogP contribution in [0.3, 0.4) is 0 Å². The molecule has 0 spiro atoms. The van der Waals surface area contributed by atoms with Gasteiger partial charge >= 0.3 is 0 Å². The predicted octanol–water partition coefficient (Wildman–Crippen LogP) is 0.776. The summed E-state index contributed by atoms with van der Waals surface area (Å²) in [6, 6.07) is 0. The van der Waals surface area contributed by atoms with Crippen LogP contribution in [0.1, 0.15) is 19.8 Å². The minimum Gasteiger partial charge on any atom is -0.396 e. The van der Waals surface area contributed by atoms with Crippen molar-refractivity contribution < 1.29 is 24.6 Å². The van der Waals surface area contributed by atoms with Crippen LogP contribution in [-0.2, 0) is 19.5 Å². The molecule has 1 N–H and O–H groups in total. The molecule has 0 unspecified atom stereocenters. The number of hydrogen-bond acceptors (Lipinski definition) is 1. The van der Waals surface area contributed by atoms with Crippen LogP contribution in [0, 0.1) is 0 Å². The second-order valence-electron chi connectivity index (χ2n) is 1.08. The van der Waals surface area contributed by atoms with E-state index in [1.54, 1.807) is 0 Å². The fourth-order valence-electron chi connectivity index (χ4n) is 0.158. The number of rotatable bonds is 2. The maximum Gasteiger partial charge on any atom is 0.0430 e. The molecule has 1 nitrogen and oxygen atoms in total. The first-order chi connectivity index (χ1) is 2.41. The Morgan fingerprint density at radius 3 is 2.00 bits per heavy atom. The van der Waals surface area contributed by atoms with Gasteiger partial charge in [-0.2, -0.15) is 0 Å². The molecule has 0 radical (unpaired) electrons. The molecule has 0 aromatic carbocycles. The van der Waals surface area contributed by atoms with Crippen LogP contribution in [-0.4, -0.2) is 11.7 Å². The Morgan fingerprint density at radius 1 is 1.50 bits per heavy atom. The molecular formula is C4H10ORu. The van der Waals surface area contributed by atoms with Gasteiger partial charge in [0.25, 0.3) is 0 Å². The van der Waals surface area contributed by atoms with Gasteiger partial charge in [-0.1, -0.05) is 13.3 Å². The third kappa shape index (κ3) is 8.82. The molecule has 6 heavy (non-hydrogen) atoms. The van der Waals surface area contributed by atoms with Crippen LogP contribution >= 0.6 is 0 Å². The smallest absolute Gasteiger partial charge is 0.0430 e. The van der Waals surface area contributed by atoms with Crippen molar-refractivity contribution >= 4 is 0 Å². The van der Waals surface area contributed by atoms with Crippen molar-refractivity contribution in [2.75, 3.05) is 6.61 Å². The summed E-state index contributed by atoms with van der Waals surface area (Å²) < 4.78 is 0. The summed E-state index contributed by atoms with van der Waals surface area (Å²) in [5.41, 5.74) is 0. The van der Waals surface area contributed by atoms with Crippen molar-refractivity contribution in [2.24, 2.45) is 0 Å². The van der Waals surface area contributed by atoms with Gasteiger partial charge in [0.1, 0.15) is 0 Å². The van der Waals surface area contributed by atoms with Gasteiger partial charge in [-0.15, -0.1) is 0 Å². The molecule has 0 amide bonds. The number of hydrogen-bond donors (Lipinski definition) is 1. The third-order valence-corrected chi connectivity index (χ3v) is 0.512. The average molecular weight is 175 g/mol. The summed E-state index contributed by atoms with van der Waals surface area (Å²) in [6.45, 7) is 2.40. The van der Waals surface area contributed by atoms with E-state index in [1.165, 1.54) is 0 Å². The van der Waals surface area contributed by atoms with Gasteiger partial charge in [0.05, 0.1) is 0 Å². The second-order valence-corrected chi connectivity index (χ2v) is 1.08. The minimum atomic E-state index is 0. The summed E-state index contributed by atoms with van der Waals surface area (Å²) in [4.78, 5) is 0. The van der Waals surface area contributed by atoms with E-state index in [4.69, 9.17) is 5.11 Å². The van der Waals surface area contributed by atoms with Crippen molar-refractivity contribution in [1.29, 1.82) is 0 Å². The van der Waals surface area contributed by atoms with Crippen molar-refractivity contribution in [3.63, 3.8) is 0 Å². The van der Waals surface area contributed by atoms with Gasteiger partial charge in [0, 0.05) is 26.1 Å². The van der Waals surface area contributed by atoms with Crippen molar-refractivity contribution in [3.8, 4) is 0 Å². The summed E-state index contributed by atoms with van der Waals surface area (Å²) >= 11 is 0. The summed E-state index contributed by atoms with van der Waals surface area (Å²) in [5.74, 6) is 0. The molecule has 0 heterocycles. The Hall–Kier alpha value is 0.583. The van der Waals surface area contributed by atoms with Crippen molar-refractivity contribution in [3.05, 3.63) is 0 Å². The second kappa shape index (κ2) is 9.13. The Balaban J connectivity index is 0. The fraction of sp³-hybridized carbons (Fsp3) is 1.00. The molecule has 0 aromatic heterocycles. The molecule has 0 bridgehead atoms. The summed E-state index contributed by atoms with van der Waals surface area (Å²) in [7, 11) is 0. The largest absolute Gasteiger partial charge is 0.396 e. The topological polar surface area (TPSA) is 20.2 Å². The van der Waals surface area contributed by atoms with Gasteiger partial charge in [0.15, 0.2) is 0 Å². The van der Waals surface area contributed by atoms with Crippen LogP contribution in [0.25, 0.3) is 0 Å². The van der Waals surface area contributed by atoms with Crippen LogP contribution in [0.5, 0.6) is 0 Å². The summed E-state index contributed by atoms with van der Waals surface area (Å²) in [6.07, 6.45) is 2.04. The molecule has 0 fully saturated rings. The van der Waals surface area contributed by atoms with Crippen molar-refractivity contribution in [2.45, 2.75) is 19.8 Å². The molecule has 0 atom stereocenters. The Bertz CT molecular complexity index is 15.0. The van der Waals surface area contributed by atoms with Gasteiger partial charge in [0.2, 0.25) is 0 Å². The van der Waals surface area contributed by atoms with E-state index in [-0.39, 0.29) is 19.5 Å². The van der Waals surface area contributed by atoms with Gasteiger partial charge < -0.3 is 5.11 Å². The van der Waals surface area contributed by atoms with Crippen LogP contribution in [0.4, 0.5) is 0 Å². The average Bonchev–Trinajstić information content (AvgIpc) is 1.41. The zero-order chi connectivity index (χ0) is 4.12. The van der Waals surface area contributed by atoms with Gasteiger partial charge in [-0.05, 0) is 6.42 Å². The van der Waals surface area contributed by atoms with Crippen LogP contribution in [0.15, 0.2) is 0 Å². The van der Waals surface area contributed by atoms with Crippen molar-refractivity contribution in [1.82, 2.24) is 0 Å². The molecular weight excluding hydrogens is 165 g/mol. The van der Waals surface area contributed by atoms with E-state index in [1.807, 2.05) is 0 Å². The maximum atomic E-state index is 8.07. The third-order valence-electron chi connectivity index (χ3n) is 0.512. The molecule has 0 aromatic rings. The monoisotopic (exact) mass is 176 g/mol. The van der Waals surface area contributed by atoms with Gasteiger partial charge in [-0.3, -0.25) is 0 Å². The van der Waals surface area contributed by atoms with E-state index in [9.17, 15) is 0 Å². The minimum absolute atomic E-state index is 0.